The second-order valence-corrected chi connectivity index (χ2v) is 22.5. The predicted molar refractivity (Wildman–Crippen MR) is 241 cm³/mol. The van der Waals surface area contributed by atoms with Crippen molar-refractivity contribution in [2.75, 3.05) is 0 Å². The van der Waals surface area contributed by atoms with Crippen molar-refractivity contribution < 1.29 is 30.6 Å². The van der Waals surface area contributed by atoms with Crippen LogP contribution in [0.3, 0.4) is 0 Å². The van der Waals surface area contributed by atoms with E-state index in [-0.39, 0.29) is 80.1 Å². The molecule has 0 saturated carbocycles. The van der Waals surface area contributed by atoms with Gasteiger partial charge >= 0.3 is 0 Å². The van der Waals surface area contributed by atoms with E-state index < -0.39 is 0 Å². The fourth-order valence-corrected chi connectivity index (χ4v) is 7.24. The first-order chi connectivity index (χ1) is 25.3. The van der Waals surface area contributed by atoms with Gasteiger partial charge in [-0.05, 0) is 102 Å². The lowest BCUT2D eigenvalue weighted by atomic mass is 9.53. The number of phenolic OH excluding ortho intramolecular Hbond substituents is 1. The number of hydrogen-bond donors (Lipinski definition) is 6. The zero-order chi connectivity index (χ0) is 45.2. The summed E-state index contributed by atoms with van der Waals surface area (Å²) < 4.78 is 0. The number of aliphatic hydroxyl groups is 3. The van der Waals surface area contributed by atoms with E-state index in [9.17, 15) is 30.6 Å². The van der Waals surface area contributed by atoms with Gasteiger partial charge in [0, 0.05) is 16.7 Å². The molecular weight excluding hydrogens is 709 g/mol. The summed E-state index contributed by atoms with van der Waals surface area (Å²) in [6, 6.07) is 16.9. The van der Waals surface area contributed by atoms with Crippen molar-refractivity contribution in [2.24, 2.45) is 32.5 Å². The largest absolute Gasteiger partial charge is 0.508 e. The summed E-state index contributed by atoms with van der Waals surface area (Å²) in [6.07, 6.45) is 0. The Hall–Kier alpha value is -3.06. The molecule has 3 rings (SSSR count). The average Bonchev–Trinajstić information content (AvgIpc) is 3.07. The number of aromatic hydroxyl groups is 3. The summed E-state index contributed by atoms with van der Waals surface area (Å²) in [7, 11) is 0. The van der Waals surface area contributed by atoms with Crippen molar-refractivity contribution in [3.8, 4) is 17.2 Å². The van der Waals surface area contributed by atoms with Crippen molar-refractivity contribution in [2.45, 2.75) is 181 Å². The number of aliphatic hydroxyl groups excluding tert-OH is 3. The third kappa shape index (κ3) is 10.6. The molecule has 0 spiro atoms. The molecule has 0 radical (unpaired) electrons. The Morgan fingerprint density at radius 2 is 0.632 bits per heavy atom. The Labute approximate surface area is 348 Å². The maximum Gasteiger partial charge on any atom is 0.126 e. The molecule has 0 unspecified atom stereocenters. The molecule has 6 N–H and O–H groups in total. The van der Waals surface area contributed by atoms with E-state index in [0.717, 1.165) is 11.1 Å². The molecule has 0 fully saturated rings. The van der Waals surface area contributed by atoms with Gasteiger partial charge < -0.3 is 30.6 Å². The van der Waals surface area contributed by atoms with Crippen LogP contribution in [0.5, 0.6) is 17.2 Å². The van der Waals surface area contributed by atoms with Gasteiger partial charge in [-0.2, -0.15) is 0 Å². The van der Waals surface area contributed by atoms with E-state index in [1.54, 1.807) is 18.2 Å². The molecule has 0 aliphatic rings. The van der Waals surface area contributed by atoms with Crippen molar-refractivity contribution in [3.05, 3.63) is 88.0 Å². The van der Waals surface area contributed by atoms with Crippen LogP contribution in [0, 0.1) is 32.5 Å². The van der Waals surface area contributed by atoms with E-state index in [0.29, 0.717) is 22.4 Å². The van der Waals surface area contributed by atoms with Gasteiger partial charge in [0.1, 0.15) is 17.2 Å². The van der Waals surface area contributed by atoms with E-state index in [1.165, 1.54) is 5.56 Å². The van der Waals surface area contributed by atoms with E-state index in [2.05, 4.69) is 145 Å². The molecule has 0 saturated heterocycles. The van der Waals surface area contributed by atoms with Crippen LogP contribution in [0.1, 0.15) is 179 Å². The molecule has 0 aliphatic carbocycles. The standard InChI is InChI=1S/C18H30O3.C17H28O2.C16H26O/c1-16(2,3)18(6,7)17(4,5)14-8-12(10-19)15(21)13(9-14)11-20;1-15(2,3)17(6,7)16(4,5)13-8-9-14(19)12(10-13)11-18;1-14(2,3)16(6,7)15(4,5)12-8-10-13(17)11-9-12/h8-9,19-21H,10-11H2,1-7H3;8-10,18-19H,11H2,1-7H3;8-11,17H,1-7H3. The lowest BCUT2D eigenvalue weighted by molar-refractivity contribution is 0.0453. The lowest BCUT2D eigenvalue weighted by Crippen LogP contribution is -2.46. The quantitative estimate of drug-likeness (QED) is 0.128. The minimum atomic E-state index is -0.237. The monoisotopic (exact) mass is 793 g/mol. The van der Waals surface area contributed by atoms with Crippen LogP contribution in [-0.2, 0) is 36.1 Å². The van der Waals surface area contributed by atoms with Crippen LogP contribution in [0.4, 0.5) is 0 Å². The molecule has 324 valence electrons. The van der Waals surface area contributed by atoms with Crippen LogP contribution < -0.4 is 0 Å². The second kappa shape index (κ2) is 17.7. The van der Waals surface area contributed by atoms with Crippen LogP contribution in [0.2, 0.25) is 0 Å². The van der Waals surface area contributed by atoms with Gasteiger partial charge in [-0.15, -0.1) is 0 Å². The highest BCUT2D eigenvalue weighted by atomic mass is 16.3. The molecule has 0 amide bonds. The van der Waals surface area contributed by atoms with Crippen molar-refractivity contribution in [1.82, 2.24) is 0 Å². The normalized spacial score (nSPS) is 13.7. The molecule has 0 bridgehead atoms. The Kier molecular flexibility index (Phi) is 16.1. The fraction of sp³-hybridized carbons (Fsp3) is 0.647. The number of hydrogen-bond acceptors (Lipinski definition) is 6. The number of phenols is 3. The number of rotatable bonds is 9. The fourth-order valence-electron chi connectivity index (χ4n) is 7.24. The maximum absolute atomic E-state index is 10.0. The van der Waals surface area contributed by atoms with E-state index in [4.69, 9.17) is 0 Å². The first kappa shape index (κ1) is 52.0. The molecule has 0 aliphatic heterocycles. The topological polar surface area (TPSA) is 121 Å². The van der Waals surface area contributed by atoms with Crippen molar-refractivity contribution in [1.29, 1.82) is 0 Å². The molecule has 3 aromatic carbocycles. The zero-order valence-corrected chi connectivity index (χ0v) is 40.0. The molecule has 6 heteroatoms. The molecule has 3 aromatic rings. The van der Waals surface area contributed by atoms with Gasteiger partial charge in [-0.3, -0.25) is 0 Å². The third-order valence-electron chi connectivity index (χ3n) is 16.2. The second-order valence-electron chi connectivity index (χ2n) is 22.5. The Balaban J connectivity index is 0.000000430. The lowest BCUT2D eigenvalue weighted by Gasteiger charge is -2.51. The van der Waals surface area contributed by atoms with Crippen LogP contribution in [0.15, 0.2) is 54.6 Å². The summed E-state index contributed by atoms with van der Waals surface area (Å²) in [5.41, 5.74) is 5.39. The van der Waals surface area contributed by atoms with Crippen molar-refractivity contribution >= 4 is 0 Å². The van der Waals surface area contributed by atoms with Gasteiger partial charge in [0.2, 0.25) is 0 Å². The third-order valence-corrected chi connectivity index (χ3v) is 16.2. The summed E-state index contributed by atoms with van der Waals surface area (Å²) >= 11 is 0. The maximum atomic E-state index is 10.0. The molecular formula is C51H84O6. The average molecular weight is 793 g/mol. The van der Waals surface area contributed by atoms with Gasteiger partial charge in [-0.1, -0.05) is 164 Å². The van der Waals surface area contributed by atoms with Gasteiger partial charge in [0.05, 0.1) is 19.8 Å². The summed E-state index contributed by atoms with van der Waals surface area (Å²) in [4.78, 5) is 0. The summed E-state index contributed by atoms with van der Waals surface area (Å²) in [6.45, 7) is 46.7. The highest BCUT2D eigenvalue weighted by Gasteiger charge is 2.48. The predicted octanol–water partition coefficient (Wildman–Crippen LogP) is 12.7. The zero-order valence-electron chi connectivity index (χ0n) is 40.0. The number of benzene rings is 3. The highest BCUT2D eigenvalue weighted by molar-refractivity contribution is 5.46. The van der Waals surface area contributed by atoms with Gasteiger partial charge in [0.25, 0.3) is 0 Å². The molecule has 0 aromatic heterocycles. The summed E-state index contributed by atoms with van der Waals surface area (Å²) in [5.74, 6) is 0.488. The minimum absolute atomic E-state index is 0.00638. The van der Waals surface area contributed by atoms with Gasteiger partial charge in [0.15, 0.2) is 0 Å². The first-order valence-electron chi connectivity index (χ1n) is 20.6. The van der Waals surface area contributed by atoms with Gasteiger partial charge in [-0.25, -0.2) is 0 Å². The van der Waals surface area contributed by atoms with Crippen LogP contribution >= 0.6 is 0 Å². The Morgan fingerprint density at radius 1 is 0.351 bits per heavy atom. The Bertz CT molecular complexity index is 1730. The van der Waals surface area contributed by atoms with Crippen LogP contribution in [-0.4, -0.2) is 30.6 Å². The molecule has 0 heterocycles. The highest BCUT2D eigenvalue weighted by Crippen LogP contribution is 2.55. The van der Waals surface area contributed by atoms with Crippen molar-refractivity contribution in [3.63, 3.8) is 0 Å². The van der Waals surface area contributed by atoms with E-state index >= 15 is 0 Å². The molecule has 6 nitrogen and oxygen atoms in total. The summed E-state index contributed by atoms with van der Waals surface area (Å²) in [5, 5.41) is 57.3. The molecule has 57 heavy (non-hydrogen) atoms. The smallest absolute Gasteiger partial charge is 0.126 e. The van der Waals surface area contributed by atoms with E-state index in [1.807, 2.05) is 36.4 Å². The first-order valence-corrected chi connectivity index (χ1v) is 20.6. The van der Waals surface area contributed by atoms with Crippen LogP contribution in [0.25, 0.3) is 0 Å². The SMILES string of the molecule is CC(C)(C)C(C)(C)C(C)(C)c1cc(CO)c(O)c(CO)c1.CC(C)(C)C(C)(C)C(C)(C)c1ccc(O)c(CO)c1.CC(C)(C)C(C)(C)C(C)(C)c1ccc(O)cc1. The molecule has 0 atom stereocenters. The Morgan fingerprint density at radius 3 is 0.947 bits per heavy atom. The minimum Gasteiger partial charge on any atom is -0.508 e.